The van der Waals surface area contributed by atoms with Gasteiger partial charge in [0.1, 0.15) is 11.9 Å². The highest BCUT2D eigenvalue weighted by Crippen LogP contribution is 2.67. The lowest BCUT2D eigenvalue weighted by Gasteiger charge is -2.63. The lowest BCUT2D eigenvalue weighted by atomic mass is 9.43. The van der Waals surface area contributed by atoms with Gasteiger partial charge in [0.15, 0.2) is 0 Å². The van der Waals surface area contributed by atoms with Crippen molar-refractivity contribution in [2.24, 2.45) is 33.7 Å². The first-order valence-electron chi connectivity index (χ1n) is 11.6. The Morgan fingerprint density at radius 1 is 1.17 bits per heavy atom. The molecule has 2 N–H and O–H groups in total. The molecule has 5 heteroatoms. The molecule has 0 spiro atoms. The minimum atomic E-state index is -0.904. The van der Waals surface area contributed by atoms with Gasteiger partial charge in [-0.3, -0.25) is 4.79 Å². The van der Waals surface area contributed by atoms with E-state index < -0.39 is 5.60 Å². The number of carbonyl (C=O) groups is 1. The van der Waals surface area contributed by atoms with E-state index in [-0.39, 0.29) is 16.9 Å². The molecule has 5 nitrogen and oxygen atoms in total. The number of hydrogen-bond donors (Lipinski definition) is 2. The van der Waals surface area contributed by atoms with Crippen molar-refractivity contribution < 1.29 is 14.7 Å². The Hall–Kier alpha value is -1.20. The molecular weight excluding hydrogens is 364 g/mol. The Kier molecular flexibility index (Phi) is 4.53. The highest BCUT2D eigenvalue weighted by molar-refractivity contribution is 5.88. The number of rotatable bonds is 2. The lowest BCUT2D eigenvalue weighted by molar-refractivity contribution is -0.161. The zero-order valence-corrected chi connectivity index (χ0v) is 18.0. The molecule has 5 aliphatic rings. The van der Waals surface area contributed by atoms with E-state index in [2.05, 4.69) is 30.9 Å². The van der Waals surface area contributed by atoms with Gasteiger partial charge in [-0.2, -0.15) is 0 Å². The fourth-order valence-corrected chi connectivity index (χ4v) is 7.75. The van der Waals surface area contributed by atoms with Gasteiger partial charge in [-0.15, -0.1) is 0 Å². The van der Waals surface area contributed by atoms with Crippen molar-refractivity contribution in [1.82, 2.24) is 5.32 Å². The second kappa shape index (κ2) is 6.65. The third-order valence-electron chi connectivity index (χ3n) is 9.72. The molecule has 0 radical (unpaired) electrons. The first-order chi connectivity index (χ1) is 13.8. The molecule has 0 aromatic rings. The molecule has 0 aromatic carbocycles. The third kappa shape index (κ3) is 2.72. The third-order valence-corrected chi connectivity index (χ3v) is 9.72. The molecule has 1 heterocycles. The molecular formula is C24H36N2O3. The van der Waals surface area contributed by atoms with E-state index in [0.717, 1.165) is 75.7 Å². The molecule has 29 heavy (non-hydrogen) atoms. The van der Waals surface area contributed by atoms with Crippen LogP contribution in [0.3, 0.4) is 0 Å². The molecule has 0 bridgehead atoms. The van der Waals surface area contributed by atoms with Crippen molar-refractivity contribution in [2.75, 3.05) is 13.1 Å². The van der Waals surface area contributed by atoms with Gasteiger partial charge in [-0.1, -0.05) is 25.6 Å². The van der Waals surface area contributed by atoms with Crippen molar-refractivity contribution in [1.29, 1.82) is 0 Å². The van der Waals surface area contributed by atoms with Crippen LogP contribution in [-0.2, 0) is 9.63 Å². The number of aliphatic hydroxyl groups is 1. The fourth-order valence-electron chi connectivity index (χ4n) is 7.75. The van der Waals surface area contributed by atoms with Crippen LogP contribution in [0.5, 0.6) is 0 Å². The summed E-state index contributed by atoms with van der Waals surface area (Å²) in [5.74, 6) is 1.87. The predicted octanol–water partition coefficient (Wildman–Crippen LogP) is 3.61. The number of carbonyl (C=O) groups excluding carboxylic acids is 1. The fraction of sp³-hybridized carbons (Fsp3) is 0.833. The smallest absolute Gasteiger partial charge is 0.141 e. The van der Waals surface area contributed by atoms with Gasteiger partial charge in [0, 0.05) is 36.6 Å². The first-order valence-corrected chi connectivity index (χ1v) is 11.6. The Bertz CT molecular complexity index is 757. The molecule has 5 rings (SSSR count). The average Bonchev–Trinajstić information content (AvgIpc) is 3.31. The van der Waals surface area contributed by atoms with Crippen LogP contribution in [0.25, 0.3) is 0 Å². The summed E-state index contributed by atoms with van der Waals surface area (Å²) in [6, 6.07) is 0. The zero-order chi connectivity index (χ0) is 20.4. The topological polar surface area (TPSA) is 70.9 Å². The van der Waals surface area contributed by atoms with E-state index in [1.807, 2.05) is 0 Å². The first kappa shape index (κ1) is 19.7. The number of Topliss-reactive ketones (excluding diaryl/α,β-unsaturated/α-hetero) is 1. The van der Waals surface area contributed by atoms with E-state index in [0.29, 0.717) is 30.0 Å². The number of nitrogens with one attached hydrogen (secondary N) is 1. The summed E-state index contributed by atoms with van der Waals surface area (Å²) in [5, 5.41) is 19.7. The Balaban J connectivity index is 1.40. The summed E-state index contributed by atoms with van der Waals surface area (Å²) < 4.78 is 0. The van der Waals surface area contributed by atoms with Crippen molar-refractivity contribution in [2.45, 2.75) is 83.3 Å². The summed E-state index contributed by atoms with van der Waals surface area (Å²) in [6.07, 6.45) is 8.14. The van der Waals surface area contributed by atoms with E-state index >= 15 is 0 Å². The molecule has 4 saturated carbocycles. The number of nitrogens with zero attached hydrogens (tertiary/aromatic N) is 1. The maximum Gasteiger partial charge on any atom is 0.141 e. The van der Waals surface area contributed by atoms with Crippen LogP contribution in [-0.4, -0.2) is 41.4 Å². The molecule has 1 unspecified atom stereocenters. The van der Waals surface area contributed by atoms with Crippen molar-refractivity contribution >= 4 is 11.5 Å². The van der Waals surface area contributed by atoms with Crippen LogP contribution < -0.4 is 5.32 Å². The molecule has 160 valence electrons. The van der Waals surface area contributed by atoms with E-state index in [1.54, 1.807) is 0 Å². The van der Waals surface area contributed by atoms with E-state index in [1.165, 1.54) is 0 Å². The summed E-state index contributed by atoms with van der Waals surface area (Å²) in [7, 11) is 0. The van der Waals surface area contributed by atoms with Crippen LogP contribution in [0.2, 0.25) is 0 Å². The quantitative estimate of drug-likeness (QED) is 0.549. The van der Waals surface area contributed by atoms with Crippen LogP contribution in [0.1, 0.15) is 71.6 Å². The largest absolute Gasteiger partial charge is 0.391 e. The second-order valence-corrected chi connectivity index (χ2v) is 10.9. The summed E-state index contributed by atoms with van der Waals surface area (Å²) in [5.41, 5.74) is 0.706. The molecule has 1 saturated heterocycles. The highest BCUT2D eigenvalue weighted by atomic mass is 16.6. The van der Waals surface area contributed by atoms with Gasteiger partial charge in [-0.05, 0) is 68.4 Å². The normalized spacial score (nSPS) is 50.9. The van der Waals surface area contributed by atoms with Gasteiger partial charge in [0.05, 0.1) is 11.3 Å². The van der Waals surface area contributed by atoms with Crippen LogP contribution in [0, 0.1) is 28.6 Å². The number of oxime groups is 1. The van der Waals surface area contributed by atoms with Crippen LogP contribution in [0.4, 0.5) is 0 Å². The van der Waals surface area contributed by atoms with Gasteiger partial charge < -0.3 is 15.3 Å². The molecule has 7 atom stereocenters. The molecule has 5 fully saturated rings. The minimum Gasteiger partial charge on any atom is -0.391 e. The molecule has 0 amide bonds. The Morgan fingerprint density at radius 3 is 2.76 bits per heavy atom. The maximum absolute atomic E-state index is 12.6. The summed E-state index contributed by atoms with van der Waals surface area (Å²) in [6.45, 7) is 10.7. The summed E-state index contributed by atoms with van der Waals surface area (Å²) in [4.78, 5) is 18.4. The zero-order valence-electron chi connectivity index (χ0n) is 18.0. The predicted molar refractivity (Wildman–Crippen MR) is 113 cm³/mol. The van der Waals surface area contributed by atoms with Gasteiger partial charge in [-0.25, -0.2) is 0 Å². The number of ketones is 1. The van der Waals surface area contributed by atoms with Crippen LogP contribution >= 0.6 is 0 Å². The van der Waals surface area contributed by atoms with Crippen molar-refractivity contribution in [3.63, 3.8) is 0 Å². The second-order valence-electron chi connectivity index (χ2n) is 10.9. The Morgan fingerprint density at radius 2 is 2.00 bits per heavy atom. The standard InChI is InChI=1S/C24H36N2O3/c1-15-12-18-19-4-5-21(27)22(19,2)9-7-20(18)23(3)10-6-16(13-24(15,23)28)26-29-17-8-11-25-14-17/h17-20,25,28H,1,4-14H2,2-3H3/b26-16+/t17?,18-,19-,20-,22-,23+,24-/m0/s1. The highest BCUT2D eigenvalue weighted by Gasteiger charge is 2.65. The van der Waals surface area contributed by atoms with E-state index in [9.17, 15) is 9.90 Å². The summed E-state index contributed by atoms with van der Waals surface area (Å²) >= 11 is 0. The molecule has 1 aliphatic heterocycles. The Labute approximate surface area is 174 Å². The number of hydrogen-bond acceptors (Lipinski definition) is 5. The molecule has 0 aromatic heterocycles. The lowest BCUT2D eigenvalue weighted by Crippen LogP contribution is -2.63. The van der Waals surface area contributed by atoms with Crippen molar-refractivity contribution in [3.05, 3.63) is 12.2 Å². The van der Waals surface area contributed by atoms with Gasteiger partial charge in [0.2, 0.25) is 0 Å². The minimum absolute atomic E-state index is 0.141. The van der Waals surface area contributed by atoms with Crippen molar-refractivity contribution in [3.8, 4) is 0 Å². The SMILES string of the molecule is C=C1C[C@H]2[C@@H]3CCC(=O)[C@@]3(C)CC[C@@H]2[C@@]2(C)CC/C(=N\OC3CCNC3)C[C@]12O. The maximum atomic E-state index is 12.6. The monoisotopic (exact) mass is 400 g/mol. The number of fused-ring (bicyclic) bond motifs is 5. The van der Waals surface area contributed by atoms with Crippen LogP contribution in [0.15, 0.2) is 17.3 Å². The van der Waals surface area contributed by atoms with Gasteiger partial charge in [0.25, 0.3) is 0 Å². The van der Waals surface area contributed by atoms with E-state index in [4.69, 9.17) is 4.84 Å². The average molecular weight is 401 g/mol. The molecule has 4 aliphatic carbocycles. The van der Waals surface area contributed by atoms with Gasteiger partial charge >= 0.3 is 0 Å².